The minimum absolute atomic E-state index is 0. The zero-order chi connectivity index (χ0) is 35.5. The van der Waals surface area contributed by atoms with Crippen LogP contribution in [0.2, 0.25) is 18.1 Å². The summed E-state index contributed by atoms with van der Waals surface area (Å²) in [7, 11) is -1.47. The summed E-state index contributed by atoms with van der Waals surface area (Å²) >= 11 is 0. The Morgan fingerprint density at radius 3 is 1.62 bits per heavy atom. The number of hydrogen-bond donors (Lipinski definition) is 2. The molecule has 0 spiro atoms. The van der Waals surface area contributed by atoms with Gasteiger partial charge in [-0.25, -0.2) is 0 Å². The van der Waals surface area contributed by atoms with Gasteiger partial charge in [-0.3, -0.25) is 0 Å². The van der Waals surface area contributed by atoms with Crippen LogP contribution in [0.3, 0.4) is 0 Å². The fraction of sp³-hybridized carbons (Fsp3) is 0.489. The van der Waals surface area contributed by atoms with Crippen molar-refractivity contribution in [2.45, 2.75) is 122 Å². The van der Waals surface area contributed by atoms with Gasteiger partial charge in [0.15, 0.2) is 8.32 Å². The van der Waals surface area contributed by atoms with Gasteiger partial charge in [0.05, 0.1) is 0 Å². The summed E-state index contributed by atoms with van der Waals surface area (Å²) in [4.78, 5) is 0. The SMILES string of the molecule is C.C=Cc1ccccc1.OCCCCC(CC/C=C/CCCC(CCO)c1ccccc1)c1ccccc1.[CH2-]CCO[Si](C)(C)C(C)(C)C.[Li+]. The van der Waals surface area contributed by atoms with Crippen molar-refractivity contribution in [1.29, 1.82) is 0 Å². The third kappa shape index (κ3) is 22.6. The smallest absolute Gasteiger partial charge is 0.419 e. The van der Waals surface area contributed by atoms with E-state index in [0.717, 1.165) is 64.4 Å². The van der Waals surface area contributed by atoms with Crippen LogP contribution < -0.4 is 18.9 Å². The first-order valence-corrected chi connectivity index (χ1v) is 21.1. The summed E-state index contributed by atoms with van der Waals surface area (Å²) in [5, 5.41) is 18.8. The zero-order valence-corrected chi connectivity index (χ0v) is 33.0. The van der Waals surface area contributed by atoms with Crippen molar-refractivity contribution in [3.05, 3.63) is 133 Å². The summed E-state index contributed by atoms with van der Waals surface area (Å²) in [5.74, 6) is 1.04. The standard InChI is InChI=1S/C27H38O2.C9H21OSi.C8H8.CH4.Li/c28-22-13-12-20-25(24-15-8-4-9-16-24)14-6-2-1-3-7-19-27(21-23-29)26-17-10-5-11-18-26;1-7-8-10-11(5,6)9(2,3)4;1-2-8-6-4-3-5-7-8;;/h1-2,4-5,8-11,15-18,25,27-29H,3,6-7,12-14,19-23H2;1,7-8H2,2-6H3;2-7H,1H2;1H4;/q;-1;;;+1/b2-1+;;;;. The Hall–Kier alpha value is -2.17. The molecule has 274 valence electrons. The molecule has 5 heteroatoms. The van der Waals surface area contributed by atoms with E-state index in [9.17, 15) is 5.11 Å². The topological polar surface area (TPSA) is 49.7 Å². The molecule has 0 fully saturated rings. The van der Waals surface area contributed by atoms with Gasteiger partial charge in [-0.1, -0.05) is 150 Å². The van der Waals surface area contributed by atoms with E-state index in [1.54, 1.807) is 0 Å². The molecule has 2 unspecified atom stereocenters. The van der Waals surface area contributed by atoms with Crippen molar-refractivity contribution in [3.63, 3.8) is 0 Å². The Kier molecular flexibility index (Phi) is 30.4. The number of aliphatic hydroxyl groups excluding tert-OH is 2. The van der Waals surface area contributed by atoms with Crippen LogP contribution in [-0.2, 0) is 4.43 Å². The normalized spacial score (nSPS) is 12.2. The quantitative estimate of drug-likeness (QED) is 0.0569. The van der Waals surface area contributed by atoms with Crippen LogP contribution in [-0.4, -0.2) is 38.4 Å². The predicted octanol–water partition coefficient (Wildman–Crippen LogP) is 9.81. The Bertz CT molecular complexity index is 1190. The molecule has 0 aromatic heterocycles. The molecule has 0 aliphatic carbocycles. The second kappa shape index (κ2) is 30.5. The minimum atomic E-state index is -1.47. The van der Waals surface area contributed by atoms with Crippen molar-refractivity contribution in [2.24, 2.45) is 0 Å². The second-order valence-corrected chi connectivity index (χ2v) is 18.8. The molecule has 0 heterocycles. The van der Waals surface area contributed by atoms with Crippen LogP contribution in [0.5, 0.6) is 0 Å². The molecular formula is C45H71LiO3Si. The Morgan fingerprint density at radius 1 is 0.700 bits per heavy atom. The van der Waals surface area contributed by atoms with Crippen LogP contribution in [0.25, 0.3) is 6.08 Å². The van der Waals surface area contributed by atoms with Gasteiger partial charge in [0.1, 0.15) is 0 Å². The Morgan fingerprint density at radius 2 is 1.18 bits per heavy atom. The Labute approximate surface area is 322 Å². The van der Waals surface area contributed by atoms with E-state index in [0.29, 0.717) is 23.5 Å². The number of rotatable bonds is 19. The largest absolute Gasteiger partial charge is 1.00 e. The van der Waals surface area contributed by atoms with Gasteiger partial charge in [-0.05, 0) is 98.0 Å². The van der Waals surface area contributed by atoms with Gasteiger partial charge in [-0.15, -0.1) is 0 Å². The maximum atomic E-state index is 9.37. The van der Waals surface area contributed by atoms with E-state index in [1.807, 2.05) is 36.4 Å². The fourth-order valence-electron chi connectivity index (χ4n) is 5.21. The second-order valence-electron chi connectivity index (χ2n) is 14.0. The molecule has 0 bridgehead atoms. The molecule has 0 radical (unpaired) electrons. The van der Waals surface area contributed by atoms with Crippen molar-refractivity contribution in [2.75, 3.05) is 19.8 Å². The molecule has 0 saturated heterocycles. The molecule has 3 nitrogen and oxygen atoms in total. The summed E-state index contributed by atoms with van der Waals surface area (Å²) in [6, 6.07) is 31.4. The van der Waals surface area contributed by atoms with Crippen molar-refractivity contribution >= 4 is 14.4 Å². The third-order valence-electron chi connectivity index (χ3n) is 9.20. The number of allylic oxidation sites excluding steroid dienone is 2. The van der Waals surface area contributed by atoms with Crippen LogP contribution in [0.4, 0.5) is 0 Å². The minimum Gasteiger partial charge on any atom is -0.419 e. The Balaban J connectivity index is 0. The van der Waals surface area contributed by atoms with E-state index >= 15 is 0 Å². The van der Waals surface area contributed by atoms with Gasteiger partial charge in [-0.2, -0.15) is 6.42 Å². The molecule has 2 N–H and O–H groups in total. The molecule has 3 aromatic carbocycles. The fourth-order valence-corrected chi connectivity index (χ4v) is 6.30. The molecule has 0 amide bonds. The average Bonchev–Trinajstić information content (AvgIpc) is 3.10. The van der Waals surface area contributed by atoms with Crippen LogP contribution in [0.15, 0.2) is 110 Å². The average molecular weight is 695 g/mol. The number of unbranched alkanes of at least 4 members (excludes halogenated alkanes) is 2. The number of benzene rings is 3. The summed E-state index contributed by atoms with van der Waals surface area (Å²) < 4.78 is 5.82. The maximum absolute atomic E-state index is 9.37. The van der Waals surface area contributed by atoms with E-state index in [2.05, 4.69) is 120 Å². The van der Waals surface area contributed by atoms with Gasteiger partial charge in [0.25, 0.3) is 0 Å². The molecule has 2 atom stereocenters. The maximum Gasteiger partial charge on any atom is 1.00 e. The first-order chi connectivity index (χ1) is 23.1. The first kappa shape index (κ1) is 49.9. The van der Waals surface area contributed by atoms with Crippen molar-refractivity contribution in [3.8, 4) is 0 Å². The monoisotopic (exact) mass is 695 g/mol. The van der Waals surface area contributed by atoms with Crippen LogP contribution in [0, 0.1) is 6.92 Å². The number of aliphatic hydroxyl groups is 2. The van der Waals surface area contributed by atoms with Crippen LogP contribution >= 0.6 is 0 Å². The van der Waals surface area contributed by atoms with E-state index in [1.165, 1.54) is 23.1 Å². The first-order valence-electron chi connectivity index (χ1n) is 18.2. The van der Waals surface area contributed by atoms with E-state index in [4.69, 9.17) is 9.53 Å². The van der Waals surface area contributed by atoms with Crippen molar-refractivity contribution in [1.82, 2.24) is 0 Å². The van der Waals surface area contributed by atoms with Gasteiger partial charge < -0.3 is 21.6 Å². The molecule has 3 aromatic rings. The third-order valence-corrected chi connectivity index (χ3v) is 13.7. The summed E-state index contributed by atoms with van der Waals surface area (Å²) in [6.07, 6.45) is 17.0. The van der Waals surface area contributed by atoms with E-state index < -0.39 is 8.32 Å². The molecule has 0 aliphatic rings. The number of hydrogen-bond acceptors (Lipinski definition) is 3. The summed E-state index contributed by atoms with van der Waals surface area (Å²) in [5.41, 5.74) is 3.94. The predicted molar refractivity (Wildman–Crippen MR) is 220 cm³/mol. The van der Waals surface area contributed by atoms with E-state index in [-0.39, 0.29) is 32.9 Å². The van der Waals surface area contributed by atoms with Gasteiger partial charge in [0, 0.05) is 19.8 Å². The molecule has 3 rings (SSSR count). The van der Waals surface area contributed by atoms with Gasteiger partial charge in [0.2, 0.25) is 0 Å². The molecule has 0 saturated carbocycles. The molecule has 0 aliphatic heterocycles. The molecule has 50 heavy (non-hydrogen) atoms. The van der Waals surface area contributed by atoms with Gasteiger partial charge >= 0.3 is 18.9 Å². The van der Waals surface area contributed by atoms with Crippen molar-refractivity contribution < 1.29 is 33.5 Å². The zero-order valence-electron chi connectivity index (χ0n) is 32.0. The molecular weight excluding hydrogens is 624 g/mol. The summed E-state index contributed by atoms with van der Waals surface area (Å²) in [6.45, 7) is 20.1. The van der Waals surface area contributed by atoms with Crippen LogP contribution in [0.1, 0.15) is 121 Å².